The second-order valence-corrected chi connectivity index (χ2v) is 6.87. The Labute approximate surface area is 133 Å². The molecule has 112 valence electrons. The Kier molecular flexibility index (Phi) is 5.16. The highest BCUT2D eigenvalue weighted by Crippen LogP contribution is 2.23. The van der Waals surface area contributed by atoms with Gasteiger partial charge in [-0.1, -0.05) is 35.9 Å². The number of hydrogen-bond acceptors (Lipinski definition) is 3. The van der Waals surface area contributed by atoms with E-state index in [9.17, 15) is 4.79 Å². The minimum absolute atomic E-state index is 0.000136. The van der Waals surface area contributed by atoms with Gasteiger partial charge in [-0.05, 0) is 26.3 Å². The molecule has 0 bridgehead atoms. The van der Waals surface area contributed by atoms with E-state index in [0.29, 0.717) is 5.56 Å². The lowest BCUT2D eigenvalue weighted by atomic mass is 9.57. The normalized spacial score (nSPS) is 11.9. The van der Waals surface area contributed by atoms with Crippen LogP contribution in [0.2, 0.25) is 0 Å². The fraction of sp³-hybridized carbons (Fsp3) is 0.429. The Morgan fingerprint density at radius 2 is 1.71 bits per heavy atom. The zero-order chi connectivity index (χ0) is 16.4. The summed E-state index contributed by atoms with van der Waals surface area (Å²) in [6, 6.07) is 7.28. The quantitative estimate of drug-likeness (QED) is 0.679. The molecule has 1 aromatic carbocycles. The Bertz CT molecular complexity index is 539. The molecule has 21 heavy (non-hydrogen) atoms. The molecule has 0 aliphatic rings. The molecular formula is C14H21B2ClN2O2. The maximum atomic E-state index is 12.2. The highest BCUT2D eigenvalue weighted by molar-refractivity contribution is 6.68. The average molecular weight is 306 g/mol. The molecule has 0 unspecified atom stereocenters. The first-order chi connectivity index (χ1) is 9.45. The number of ether oxygens (including phenoxy) is 1. The van der Waals surface area contributed by atoms with Gasteiger partial charge in [0.25, 0.3) is 0 Å². The molecule has 7 heteroatoms. The summed E-state index contributed by atoms with van der Waals surface area (Å²) in [5.41, 5.74) is 1.06. The fourth-order valence-electron chi connectivity index (χ4n) is 1.78. The van der Waals surface area contributed by atoms with Crippen LogP contribution >= 0.6 is 11.6 Å². The fourth-order valence-corrected chi connectivity index (χ4v) is 1.90. The number of benzene rings is 1. The van der Waals surface area contributed by atoms with Crippen molar-refractivity contribution in [3.8, 4) is 0 Å². The van der Waals surface area contributed by atoms with Crippen molar-refractivity contribution in [3.05, 3.63) is 35.4 Å². The van der Waals surface area contributed by atoms with Crippen LogP contribution in [0.25, 0.3) is 0 Å². The largest absolute Gasteiger partial charge is 0.444 e. The predicted octanol–water partition coefficient (Wildman–Crippen LogP) is 1.49. The molecule has 0 aliphatic heterocycles. The standard InChI is InChI=1S/C14H21B2ClN2O2/c1-13(2,3)21-12(20)19(4)14(15,16)10-7-5-9(6-8-10)11(17)18/h5-8,18H,15-16H2,1-4H3. The molecule has 0 spiro atoms. The van der Waals surface area contributed by atoms with Gasteiger partial charge in [0, 0.05) is 17.9 Å². The van der Waals surface area contributed by atoms with Crippen LogP contribution in [0.15, 0.2) is 24.3 Å². The summed E-state index contributed by atoms with van der Waals surface area (Å²) in [6.07, 6.45) is -0.373. The van der Waals surface area contributed by atoms with Crippen LogP contribution in [0.1, 0.15) is 31.9 Å². The summed E-state index contributed by atoms with van der Waals surface area (Å²) in [7, 11) is 5.60. The van der Waals surface area contributed by atoms with Gasteiger partial charge in [-0.2, -0.15) is 0 Å². The van der Waals surface area contributed by atoms with E-state index in [1.807, 2.05) is 48.6 Å². The summed E-state index contributed by atoms with van der Waals surface area (Å²) in [6.45, 7) is 5.52. The van der Waals surface area contributed by atoms with E-state index in [4.69, 9.17) is 21.7 Å². The summed E-state index contributed by atoms with van der Waals surface area (Å²) in [5, 5.41) is 6.86. The van der Waals surface area contributed by atoms with Gasteiger partial charge >= 0.3 is 6.09 Å². The van der Waals surface area contributed by atoms with Gasteiger partial charge in [0.2, 0.25) is 0 Å². The lowest BCUT2D eigenvalue weighted by Gasteiger charge is -2.37. The third kappa shape index (κ3) is 4.53. The zero-order valence-corrected chi connectivity index (χ0v) is 14.2. The summed E-state index contributed by atoms with van der Waals surface area (Å²) in [5.74, 6) is 0. The van der Waals surface area contributed by atoms with Gasteiger partial charge in [0.1, 0.15) is 26.5 Å². The predicted molar refractivity (Wildman–Crippen MR) is 91.9 cm³/mol. The van der Waals surface area contributed by atoms with Crippen LogP contribution in [0.5, 0.6) is 0 Å². The number of nitrogens with zero attached hydrogens (tertiary/aromatic N) is 1. The van der Waals surface area contributed by atoms with Crippen molar-refractivity contribution in [2.45, 2.75) is 31.7 Å². The SMILES string of the molecule is BC(B)(c1ccc(C(=N)Cl)cc1)N(C)C(=O)OC(C)(C)C. The molecule has 0 aromatic heterocycles. The Morgan fingerprint density at radius 1 is 1.24 bits per heavy atom. The van der Waals surface area contributed by atoms with Crippen molar-refractivity contribution in [1.82, 2.24) is 4.90 Å². The molecule has 0 saturated heterocycles. The molecule has 1 amide bonds. The summed E-state index contributed by atoms with van der Waals surface area (Å²) >= 11 is 5.65. The molecule has 0 aliphatic carbocycles. The van der Waals surface area contributed by atoms with Crippen LogP contribution in [0, 0.1) is 5.41 Å². The topological polar surface area (TPSA) is 53.4 Å². The highest BCUT2D eigenvalue weighted by Gasteiger charge is 2.32. The van der Waals surface area contributed by atoms with E-state index >= 15 is 0 Å². The maximum Gasteiger partial charge on any atom is 0.409 e. The van der Waals surface area contributed by atoms with Crippen LogP contribution < -0.4 is 0 Å². The minimum atomic E-state index is -0.532. The number of hydrogen-bond donors (Lipinski definition) is 1. The van der Waals surface area contributed by atoms with Crippen LogP contribution in [-0.2, 0) is 10.1 Å². The van der Waals surface area contributed by atoms with E-state index < -0.39 is 10.9 Å². The lowest BCUT2D eigenvalue weighted by molar-refractivity contribution is 0.0243. The van der Waals surface area contributed by atoms with E-state index in [-0.39, 0.29) is 11.3 Å². The third-order valence-electron chi connectivity index (χ3n) is 3.35. The van der Waals surface area contributed by atoms with Gasteiger partial charge in [-0.15, -0.1) is 0 Å². The van der Waals surface area contributed by atoms with Gasteiger partial charge in [-0.3, -0.25) is 5.41 Å². The molecule has 1 aromatic rings. The molecule has 4 nitrogen and oxygen atoms in total. The van der Waals surface area contributed by atoms with Crippen molar-refractivity contribution in [3.63, 3.8) is 0 Å². The van der Waals surface area contributed by atoms with Crippen LogP contribution in [0.3, 0.4) is 0 Å². The smallest absolute Gasteiger partial charge is 0.409 e. The van der Waals surface area contributed by atoms with Gasteiger partial charge in [0.15, 0.2) is 0 Å². The van der Waals surface area contributed by atoms with Gasteiger partial charge in [0.05, 0.1) is 0 Å². The first-order valence-corrected chi connectivity index (χ1v) is 7.15. The maximum absolute atomic E-state index is 12.2. The first-order valence-electron chi connectivity index (χ1n) is 6.77. The summed E-state index contributed by atoms with van der Waals surface area (Å²) in [4.78, 5) is 13.8. The van der Waals surface area contributed by atoms with Crippen molar-refractivity contribution < 1.29 is 9.53 Å². The Morgan fingerprint density at radius 3 is 2.10 bits per heavy atom. The van der Waals surface area contributed by atoms with Crippen LogP contribution in [0.4, 0.5) is 4.79 Å². The lowest BCUT2D eigenvalue weighted by Crippen LogP contribution is -2.49. The average Bonchev–Trinajstić information content (AvgIpc) is 2.35. The van der Waals surface area contributed by atoms with E-state index in [1.165, 1.54) is 0 Å². The van der Waals surface area contributed by atoms with E-state index in [0.717, 1.165) is 5.56 Å². The minimum Gasteiger partial charge on any atom is -0.444 e. The monoisotopic (exact) mass is 306 g/mol. The second kappa shape index (κ2) is 6.14. The second-order valence-electron chi connectivity index (χ2n) is 6.49. The van der Waals surface area contributed by atoms with Crippen LogP contribution in [-0.4, -0.2) is 44.5 Å². The number of nitrogens with one attached hydrogen (secondary N) is 1. The van der Waals surface area contributed by atoms with Crippen molar-refractivity contribution in [2.24, 2.45) is 0 Å². The number of amides is 1. The number of rotatable bonds is 3. The Hall–Kier alpha value is -1.42. The molecule has 0 radical (unpaired) electrons. The number of carbonyl (C=O) groups excluding carboxylic acids is 1. The zero-order valence-electron chi connectivity index (χ0n) is 13.5. The molecular weight excluding hydrogens is 285 g/mol. The third-order valence-corrected chi connectivity index (χ3v) is 3.57. The molecule has 0 saturated carbocycles. The first kappa shape index (κ1) is 17.6. The van der Waals surface area contributed by atoms with Gasteiger partial charge < -0.3 is 9.64 Å². The van der Waals surface area contributed by atoms with Crippen molar-refractivity contribution >= 4 is 38.6 Å². The van der Waals surface area contributed by atoms with Crippen molar-refractivity contribution in [2.75, 3.05) is 7.05 Å². The molecule has 1 N–H and O–H groups in total. The molecule has 0 fully saturated rings. The molecule has 1 rings (SSSR count). The highest BCUT2D eigenvalue weighted by atomic mass is 35.5. The van der Waals surface area contributed by atoms with E-state index in [1.54, 1.807) is 24.1 Å². The number of carbonyl (C=O) groups is 1. The van der Waals surface area contributed by atoms with Crippen molar-refractivity contribution in [1.29, 1.82) is 5.41 Å². The Balaban J connectivity index is 2.98. The molecule has 0 heterocycles. The summed E-state index contributed by atoms with van der Waals surface area (Å²) < 4.78 is 5.40. The molecule has 0 atom stereocenters. The number of halogens is 1. The van der Waals surface area contributed by atoms with Gasteiger partial charge in [-0.25, -0.2) is 4.79 Å². The van der Waals surface area contributed by atoms with E-state index in [2.05, 4.69) is 0 Å².